The minimum absolute atomic E-state index is 0.262. The fourth-order valence-corrected chi connectivity index (χ4v) is 1.97. The molecule has 1 aromatic heterocycles. The Morgan fingerprint density at radius 2 is 2.19 bits per heavy atom. The first kappa shape index (κ1) is 10.0. The number of nitrogens with zero attached hydrogens (tertiary/aromatic N) is 1. The van der Waals surface area contributed by atoms with Gasteiger partial charge in [-0.05, 0) is 47.0 Å². The topological polar surface area (TPSA) is 28.7 Å². The molecule has 0 atom stereocenters. The second-order valence-electron chi connectivity index (χ2n) is 4.09. The lowest BCUT2D eigenvalue weighted by Crippen LogP contribution is -1.84. The molecule has 3 rings (SSSR count). The molecule has 0 saturated heterocycles. The third kappa shape index (κ3) is 1.78. The predicted octanol–water partition coefficient (Wildman–Crippen LogP) is 3.86. The van der Waals surface area contributed by atoms with E-state index < -0.39 is 0 Å². The van der Waals surface area contributed by atoms with Crippen molar-refractivity contribution in [1.29, 1.82) is 0 Å². The molecule has 0 bridgehead atoms. The van der Waals surface area contributed by atoms with Crippen LogP contribution in [0.1, 0.15) is 24.5 Å². The lowest BCUT2D eigenvalue weighted by Gasteiger charge is -1.99. The smallest absolute Gasteiger partial charge is 0.138 e. The lowest BCUT2D eigenvalue weighted by atomic mass is 10.2. The molecular formula is C12H10BrFN2. The number of hydrogen-bond donors (Lipinski definition) is 1. The molecule has 82 valence electrons. The van der Waals surface area contributed by atoms with E-state index in [1.54, 1.807) is 6.07 Å². The molecule has 16 heavy (non-hydrogen) atoms. The first-order valence-corrected chi connectivity index (χ1v) is 6.03. The Bertz CT molecular complexity index is 532. The average Bonchev–Trinajstić information content (AvgIpc) is 3.01. The summed E-state index contributed by atoms with van der Waals surface area (Å²) in [5, 5.41) is 0. The Kier molecular flexibility index (Phi) is 2.32. The van der Waals surface area contributed by atoms with Crippen molar-refractivity contribution in [3.8, 4) is 11.4 Å². The van der Waals surface area contributed by atoms with Gasteiger partial charge in [-0.3, -0.25) is 0 Å². The van der Waals surface area contributed by atoms with Crippen molar-refractivity contribution in [1.82, 2.24) is 9.97 Å². The fraction of sp³-hybridized carbons (Fsp3) is 0.250. The quantitative estimate of drug-likeness (QED) is 0.889. The van der Waals surface area contributed by atoms with Crippen molar-refractivity contribution in [3.63, 3.8) is 0 Å². The summed E-state index contributed by atoms with van der Waals surface area (Å²) in [6, 6.07) is 5.03. The summed E-state index contributed by atoms with van der Waals surface area (Å²) in [5.41, 5.74) is 1.95. The predicted molar refractivity (Wildman–Crippen MR) is 63.7 cm³/mol. The van der Waals surface area contributed by atoms with Crippen LogP contribution >= 0.6 is 15.9 Å². The number of rotatable bonds is 2. The first-order chi connectivity index (χ1) is 7.74. The number of aromatic nitrogens is 2. The van der Waals surface area contributed by atoms with E-state index >= 15 is 0 Å². The van der Waals surface area contributed by atoms with Crippen LogP contribution in [0.25, 0.3) is 11.4 Å². The molecule has 1 fully saturated rings. The van der Waals surface area contributed by atoms with Gasteiger partial charge in [-0.2, -0.15) is 0 Å². The molecule has 0 radical (unpaired) electrons. The fourth-order valence-electron chi connectivity index (χ4n) is 1.73. The van der Waals surface area contributed by atoms with Crippen molar-refractivity contribution in [2.24, 2.45) is 0 Å². The van der Waals surface area contributed by atoms with Crippen LogP contribution in [-0.2, 0) is 0 Å². The van der Waals surface area contributed by atoms with Crippen LogP contribution < -0.4 is 0 Å². The Hall–Kier alpha value is -1.16. The van der Waals surface area contributed by atoms with Crippen molar-refractivity contribution in [2.75, 3.05) is 0 Å². The van der Waals surface area contributed by atoms with Crippen molar-refractivity contribution >= 4 is 15.9 Å². The van der Waals surface area contributed by atoms with Gasteiger partial charge in [0.25, 0.3) is 0 Å². The van der Waals surface area contributed by atoms with Crippen molar-refractivity contribution < 1.29 is 4.39 Å². The number of halogens is 2. The maximum absolute atomic E-state index is 13.4. The van der Waals surface area contributed by atoms with Gasteiger partial charge in [0.1, 0.15) is 11.6 Å². The van der Waals surface area contributed by atoms with Crippen LogP contribution in [0.5, 0.6) is 0 Å². The average molecular weight is 281 g/mol. The van der Waals surface area contributed by atoms with Crippen LogP contribution in [0.15, 0.2) is 28.9 Å². The van der Waals surface area contributed by atoms with Crippen LogP contribution in [0.4, 0.5) is 4.39 Å². The minimum atomic E-state index is -0.262. The molecule has 0 amide bonds. The molecule has 4 heteroatoms. The number of hydrogen-bond acceptors (Lipinski definition) is 1. The van der Waals surface area contributed by atoms with Gasteiger partial charge in [0, 0.05) is 23.4 Å². The van der Waals surface area contributed by atoms with Gasteiger partial charge in [-0.15, -0.1) is 0 Å². The summed E-state index contributed by atoms with van der Waals surface area (Å²) >= 11 is 3.13. The highest BCUT2D eigenvalue weighted by Gasteiger charge is 2.25. The Morgan fingerprint density at radius 3 is 2.88 bits per heavy atom. The second kappa shape index (κ2) is 3.70. The first-order valence-electron chi connectivity index (χ1n) is 5.24. The molecule has 1 aromatic carbocycles. The molecule has 1 aliphatic carbocycles. The highest BCUT2D eigenvalue weighted by molar-refractivity contribution is 9.10. The molecule has 1 saturated carbocycles. The van der Waals surface area contributed by atoms with Gasteiger partial charge in [0.15, 0.2) is 0 Å². The summed E-state index contributed by atoms with van der Waals surface area (Å²) in [5.74, 6) is 1.12. The molecular weight excluding hydrogens is 271 g/mol. The van der Waals surface area contributed by atoms with E-state index in [0.717, 1.165) is 11.4 Å². The van der Waals surface area contributed by atoms with E-state index in [0.29, 0.717) is 10.4 Å². The lowest BCUT2D eigenvalue weighted by molar-refractivity contribution is 0.621. The SMILES string of the molecule is Fc1cc(-c2ncc(C3CC3)[nH]2)ccc1Br. The Labute approximate surface area is 101 Å². The standard InChI is InChI=1S/C12H10BrFN2/c13-9-4-3-8(5-10(9)14)12-15-6-11(16-12)7-1-2-7/h3-7H,1-2H2,(H,15,16). The van der Waals surface area contributed by atoms with E-state index in [9.17, 15) is 4.39 Å². The Balaban J connectivity index is 1.97. The molecule has 1 N–H and O–H groups in total. The Morgan fingerprint density at radius 1 is 1.38 bits per heavy atom. The summed E-state index contributed by atoms with van der Waals surface area (Å²) in [7, 11) is 0. The minimum Gasteiger partial charge on any atom is -0.342 e. The highest BCUT2D eigenvalue weighted by Crippen LogP contribution is 2.39. The van der Waals surface area contributed by atoms with Crippen molar-refractivity contribution in [2.45, 2.75) is 18.8 Å². The molecule has 0 unspecified atom stereocenters. The summed E-state index contributed by atoms with van der Waals surface area (Å²) in [4.78, 5) is 7.53. The number of nitrogens with one attached hydrogen (secondary N) is 1. The van der Waals surface area contributed by atoms with E-state index in [1.807, 2.05) is 12.3 Å². The summed E-state index contributed by atoms with van der Waals surface area (Å²) < 4.78 is 13.8. The molecule has 1 heterocycles. The largest absolute Gasteiger partial charge is 0.342 e. The third-order valence-corrected chi connectivity index (χ3v) is 3.45. The zero-order chi connectivity index (χ0) is 11.1. The maximum Gasteiger partial charge on any atom is 0.138 e. The van der Waals surface area contributed by atoms with Crippen LogP contribution in [-0.4, -0.2) is 9.97 Å². The zero-order valence-corrected chi connectivity index (χ0v) is 10.1. The molecule has 1 aliphatic rings. The number of benzene rings is 1. The van der Waals surface area contributed by atoms with Gasteiger partial charge >= 0.3 is 0 Å². The van der Waals surface area contributed by atoms with Gasteiger partial charge < -0.3 is 4.98 Å². The van der Waals surface area contributed by atoms with E-state index in [4.69, 9.17) is 0 Å². The molecule has 2 aromatic rings. The number of aromatic amines is 1. The zero-order valence-electron chi connectivity index (χ0n) is 8.50. The second-order valence-corrected chi connectivity index (χ2v) is 4.94. The summed E-state index contributed by atoms with van der Waals surface area (Å²) in [6.45, 7) is 0. The van der Waals surface area contributed by atoms with E-state index in [-0.39, 0.29) is 5.82 Å². The summed E-state index contributed by atoms with van der Waals surface area (Å²) in [6.07, 6.45) is 4.32. The van der Waals surface area contributed by atoms with Gasteiger partial charge in [0.2, 0.25) is 0 Å². The van der Waals surface area contributed by atoms with Gasteiger partial charge in [-0.25, -0.2) is 9.37 Å². The molecule has 2 nitrogen and oxygen atoms in total. The number of H-pyrrole nitrogens is 1. The molecule has 0 spiro atoms. The number of imidazole rings is 1. The van der Waals surface area contributed by atoms with Gasteiger partial charge in [-0.1, -0.05) is 0 Å². The highest BCUT2D eigenvalue weighted by atomic mass is 79.9. The molecule has 0 aliphatic heterocycles. The van der Waals surface area contributed by atoms with Crippen LogP contribution in [0, 0.1) is 5.82 Å². The van der Waals surface area contributed by atoms with Gasteiger partial charge in [0.05, 0.1) is 4.47 Å². The van der Waals surface area contributed by atoms with Crippen LogP contribution in [0.3, 0.4) is 0 Å². The van der Waals surface area contributed by atoms with Crippen molar-refractivity contribution in [3.05, 3.63) is 40.4 Å². The van der Waals surface area contributed by atoms with E-state index in [2.05, 4.69) is 25.9 Å². The van der Waals surface area contributed by atoms with E-state index in [1.165, 1.54) is 24.6 Å². The third-order valence-electron chi connectivity index (χ3n) is 2.81. The monoisotopic (exact) mass is 280 g/mol. The maximum atomic E-state index is 13.4. The normalized spacial score (nSPS) is 15.4. The van der Waals surface area contributed by atoms with Crippen LogP contribution in [0.2, 0.25) is 0 Å².